The van der Waals surface area contributed by atoms with E-state index in [1.54, 1.807) is 7.11 Å². The summed E-state index contributed by atoms with van der Waals surface area (Å²) >= 11 is 0. The van der Waals surface area contributed by atoms with E-state index >= 15 is 0 Å². The molecule has 0 saturated heterocycles. The third-order valence-electron chi connectivity index (χ3n) is 2.04. The van der Waals surface area contributed by atoms with Gasteiger partial charge in [0, 0.05) is 20.1 Å². The van der Waals surface area contributed by atoms with Gasteiger partial charge in [0.25, 0.3) is 0 Å². The molecule has 14 heavy (non-hydrogen) atoms. The van der Waals surface area contributed by atoms with E-state index in [9.17, 15) is 0 Å². The Labute approximate surface area is 83.8 Å². The smallest absolute Gasteiger partial charge is 0.226 e. The zero-order valence-electron chi connectivity index (χ0n) is 8.91. The van der Waals surface area contributed by atoms with Crippen LogP contribution >= 0.6 is 0 Å². The highest BCUT2D eigenvalue weighted by molar-refractivity contribution is 4.91. The maximum atomic E-state index is 5.08. The molecule has 1 N–H and O–H groups in total. The first-order valence-electron chi connectivity index (χ1n) is 4.76. The Morgan fingerprint density at radius 1 is 1.57 bits per heavy atom. The van der Waals surface area contributed by atoms with Crippen LogP contribution in [0.25, 0.3) is 0 Å². The van der Waals surface area contributed by atoms with Gasteiger partial charge in [-0.3, -0.25) is 0 Å². The number of nitrogens with one attached hydrogen (secondary N) is 1. The summed E-state index contributed by atoms with van der Waals surface area (Å²) in [5.41, 5.74) is 0. The van der Waals surface area contributed by atoms with Crippen LogP contribution in [-0.2, 0) is 11.2 Å². The van der Waals surface area contributed by atoms with Crippen molar-refractivity contribution in [1.29, 1.82) is 0 Å². The first kappa shape index (κ1) is 11.1. The van der Waals surface area contributed by atoms with E-state index in [4.69, 9.17) is 9.26 Å². The van der Waals surface area contributed by atoms with E-state index in [2.05, 4.69) is 15.5 Å². The fourth-order valence-electron chi connectivity index (χ4n) is 1.04. The lowest BCUT2D eigenvalue weighted by Gasteiger charge is -2.01. The average Bonchev–Trinajstić information content (AvgIpc) is 2.66. The Bertz CT molecular complexity index is 262. The molecule has 1 aromatic heterocycles. The number of aryl methyl sites for hydroxylation is 1. The summed E-state index contributed by atoms with van der Waals surface area (Å²) in [6, 6.07) is 0.134. The highest BCUT2D eigenvalue weighted by Gasteiger charge is 2.10. The molecule has 1 aromatic rings. The second kappa shape index (κ2) is 5.72. The lowest BCUT2D eigenvalue weighted by atomic mass is 10.3. The van der Waals surface area contributed by atoms with Crippen molar-refractivity contribution in [3.8, 4) is 0 Å². The SMILES string of the molecule is CNC(C)c1noc(CCCOC)n1. The van der Waals surface area contributed by atoms with Gasteiger partial charge in [-0.2, -0.15) is 4.98 Å². The lowest BCUT2D eigenvalue weighted by molar-refractivity contribution is 0.192. The van der Waals surface area contributed by atoms with E-state index in [0.29, 0.717) is 11.7 Å². The van der Waals surface area contributed by atoms with Crippen molar-refractivity contribution < 1.29 is 9.26 Å². The second-order valence-corrected chi connectivity index (χ2v) is 3.15. The lowest BCUT2D eigenvalue weighted by Crippen LogP contribution is -2.13. The molecule has 0 aliphatic carbocycles. The van der Waals surface area contributed by atoms with Crippen molar-refractivity contribution in [3.05, 3.63) is 11.7 Å². The molecule has 0 amide bonds. The minimum atomic E-state index is 0.134. The number of nitrogens with zero attached hydrogens (tertiary/aromatic N) is 2. The highest BCUT2D eigenvalue weighted by atomic mass is 16.5. The van der Waals surface area contributed by atoms with Gasteiger partial charge in [0.05, 0.1) is 6.04 Å². The highest BCUT2D eigenvalue weighted by Crippen LogP contribution is 2.08. The molecular weight excluding hydrogens is 182 g/mol. The van der Waals surface area contributed by atoms with Gasteiger partial charge >= 0.3 is 0 Å². The van der Waals surface area contributed by atoms with E-state index in [1.807, 2.05) is 14.0 Å². The zero-order valence-corrected chi connectivity index (χ0v) is 8.91. The van der Waals surface area contributed by atoms with Crippen molar-refractivity contribution >= 4 is 0 Å². The van der Waals surface area contributed by atoms with Crippen LogP contribution in [-0.4, -0.2) is 30.9 Å². The summed E-state index contributed by atoms with van der Waals surface area (Å²) in [6.07, 6.45) is 1.68. The zero-order chi connectivity index (χ0) is 10.4. The first-order chi connectivity index (χ1) is 6.77. The molecule has 0 aliphatic heterocycles. The topological polar surface area (TPSA) is 60.2 Å². The summed E-state index contributed by atoms with van der Waals surface area (Å²) < 4.78 is 10.0. The average molecular weight is 199 g/mol. The standard InChI is InChI=1S/C9H17N3O2/c1-7(10-2)9-11-8(14-12-9)5-4-6-13-3/h7,10H,4-6H2,1-3H3. The summed E-state index contributed by atoms with van der Waals surface area (Å²) in [6.45, 7) is 2.71. The van der Waals surface area contributed by atoms with Gasteiger partial charge in [-0.15, -0.1) is 0 Å². The maximum absolute atomic E-state index is 5.08. The van der Waals surface area contributed by atoms with Crippen LogP contribution in [0, 0.1) is 0 Å². The van der Waals surface area contributed by atoms with E-state index in [1.165, 1.54) is 0 Å². The van der Waals surface area contributed by atoms with Gasteiger partial charge in [0.2, 0.25) is 5.89 Å². The Hall–Kier alpha value is -0.940. The van der Waals surface area contributed by atoms with Crippen LogP contribution in [0.3, 0.4) is 0 Å². The minimum Gasteiger partial charge on any atom is -0.385 e. The quantitative estimate of drug-likeness (QED) is 0.690. The Morgan fingerprint density at radius 2 is 2.36 bits per heavy atom. The van der Waals surface area contributed by atoms with Gasteiger partial charge in [0.1, 0.15) is 0 Å². The normalized spacial score (nSPS) is 13.1. The summed E-state index contributed by atoms with van der Waals surface area (Å²) in [5.74, 6) is 1.39. The van der Waals surface area contributed by atoms with Crippen LogP contribution < -0.4 is 5.32 Å². The molecule has 0 radical (unpaired) electrons. The fraction of sp³-hybridized carbons (Fsp3) is 0.778. The Morgan fingerprint density at radius 3 is 3.00 bits per heavy atom. The van der Waals surface area contributed by atoms with Gasteiger partial charge < -0.3 is 14.6 Å². The molecule has 0 fully saturated rings. The van der Waals surface area contributed by atoms with Crippen LogP contribution in [0.1, 0.15) is 31.1 Å². The van der Waals surface area contributed by atoms with Gasteiger partial charge in [-0.1, -0.05) is 5.16 Å². The van der Waals surface area contributed by atoms with Crippen molar-refractivity contribution in [2.75, 3.05) is 20.8 Å². The van der Waals surface area contributed by atoms with Crippen molar-refractivity contribution in [1.82, 2.24) is 15.5 Å². The van der Waals surface area contributed by atoms with Gasteiger partial charge in [-0.05, 0) is 20.4 Å². The number of aromatic nitrogens is 2. The summed E-state index contributed by atoms with van der Waals surface area (Å²) in [7, 11) is 3.55. The van der Waals surface area contributed by atoms with E-state index < -0.39 is 0 Å². The number of hydrogen-bond donors (Lipinski definition) is 1. The van der Waals surface area contributed by atoms with Crippen molar-refractivity contribution in [2.24, 2.45) is 0 Å². The van der Waals surface area contributed by atoms with Crippen LogP contribution in [0.4, 0.5) is 0 Å². The Kier molecular flexibility index (Phi) is 4.55. The third kappa shape index (κ3) is 3.08. The number of hydrogen-bond acceptors (Lipinski definition) is 5. The van der Waals surface area contributed by atoms with Crippen molar-refractivity contribution in [3.63, 3.8) is 0 Å². The third-order valence-corrected chi connectivity index (χ3v) is 2.04. The van der Waals surface area contributed by atoms with Gasteiger partial charge in [0.15, 0.2) is 5.82 Å². The molecule has 0 saturated carbocycles. The van der Waals surface area contributed by atoms with Crippen LogP contribution in [0.2, 0.25) is 0 Å². The van der Waals surface area contributed by atoms with E-state index in [0.717, 1.165) is 19.4 Å². The summed E-state index contributed by atoms with van der Waals surface area (Å²) in [5, 5.41) is 6.93. The van der Waals surface area contributed by atoms with Gasteiger partial charge in [-0.25, -0.2) is 0 Å². The fourth-order valence-corrected chi connectivity index (χ4v) is 1.04. The minimum absolute atomic E-state index is 0.134. The number of rotatable bonds is 6. The first-order valence-corrected chi connectivity index (χ1v) is 4.76. The number of ether oxygens (including phenoxy) is 1. The van der Waals surface area contributed by atoms with Crippen LogP contribution in [0.5, 0.6) is 0 Å². The second-order valence-electron chi connectivity index (χ2n) is 3.15. The molecule has 1 rings (SSSR count). The molecule has 1 unspecified atom stereocenters. The molecule has 5 nitrogen and oxygen atoms in total. The molecular formula is C9H17N3O2. The Balaban J connectivity index is 2.42. The van der Waals surface area contributed by atoms with E-state index in [-0.39, 0.29) is 6.04 Å². The molecule has 1 heterocycles. The van der Waals surface area contributed by atoms with Crippen molar-refractivity contribution in [2.45, 2.75) is 25.8 Å². The molecule has 0 spiro atoms. The maximum Gasteiger partial charge on any atom is 0.226 e. The molecule has 1 atom stereocenters. The molecule has 0 aliphatic rings. The largest absolute Gasteiger partial charge is 0.385 e. The molecule has 0 bridgehead atoms. The number of methoxy groups -OCH3 is 1. The molecule has 5 heteroatoms. The predicted molar refractivity (Wildman–Crippen MR) is 52.0 cm³/mol. The molecule has 0 aromatic carbocycles. The summed E-state index contributed by atoms with van der Waals surface area (Å²) in [4.78, 5) is 4.26. The predicted octanol–water partition coefficient (Wildman–Crippen LogP) is 0.929. The monoisotopic (exact) mass is 199 g/mol. The molecule has 80 valence electrons. The van der Waals surface area contributed by atoms with Crippen LogP contribution in [0.15, 0.2) is 4.52 Å².